The Kier molecular flexibility index (Phi) is 4.77. The molecule has 0 aliphatic rings. The van der Waals surface area contributed by atoms with Crippen molar-refractivity contribution in [3.63, 3.8) is 0 Å². The third kappa shape index (κ3) is 4.40. The molecule has 0 radical (unpaired) electrons. The second-order valence-corrected chi connectivity index (χ2v) is 3.85. The van der Waals surface area contributed by atoms with Gasteiger partial charge in [-0.2, -0.15) is 13.2 Å². The topological polar surface area (TPSA) is 53.2 Å². The third-order valence-corrected chi connectivity index (χ3v) is 2.20. The highest BCUT2D eigenvalue weighted by atomic mass is 35.5. The summed E-state index contributed by atoms with van der Waals surface area (Å²) >= 11 is 5.36. The normalized spacial score (nSPS) is 11.3. The van der Waals surface area contributed by atoms with Crippen molar-refractivity contribution in [2.75, 3.05) is 19.0 Å². The predicted octanol–water partition coefficient (Wildman–Crippen LogP) is 1.62. The zero-order valence-corrected chi connectivity index (χ0v) is 9.88. The van der Waals surface area contributed by atoms with Crippen LogP contribution in [0, 0.1) is 0 Å². The Morgan fingerprint density at radius 2 is 2.11 bits per heavy atom. The molecule has 0 bridgehead atoms. The Labute approximate surface area is 105 Å². The molecule has 18 heavy (non-hydrogen) atoms. The smallest absolute Gasteiger partial charge is 0.329 e. The Hall–Kier alpha value is -1.50. The third-order valence-electron chi connectivity index (χ3n) is 2.03. The lowest BCUT2D eigenvalue weighted by molar-refractivity contribution is -0.140. The molecule has 0 aromatic carbocycles. The van der Waals surface area contributed by atoms with E-state index in [1.807, 2.05) is 0 Å². The van der Waals surface area contributed by atoms with Gasteiger partial charge in [0, 0.05) is 30.3 Å². The fraction of sp³-hybridized carbons (Fsp3) is 0.400. The maximum Gasteiger partial charge on any atom is 0.406 e. The number of H-pyrrole nitrogens is 1. The van der Waals surface area contributed by atoms with Crippen LogP contribution in [0.2, 0.25) is 0 Å². The van der Waals surface area contributed by atoms with E-state index in [1.165, 1.54) is 12.3 Å². The minimum absolute atomic E-state index is 0.104. The average molecular weight is 283 g/mol. The van der Waals surface area contributed by atoms with Crippen LogP contribution >= 0.6 is 11.6 Å². The van der Waals surface area contributed by atoms with E-state index < -0.39 is 24.2 Å². The molecule has 1 heterocycles. The van der Waals surface area contributed by atoms with E-state index in [4.69, 9.17) is 11.6 Å². The van der Waals surface area contributed by atoms with Crippen molar-refractivity contribution < 1.29 is 18.0 Å². The van der Waals surface area contributed by atoms with Gasteiger partial charge in [-0.25, -0.2) is 0 Å². The molecule has 0 fully saturated rings. The van der Waals surface area contributed by atoms with Crippen molar-refractivity contribution in [1.82, 2.24) is 9.88 Å². The quantitative estimate of drug-likeness (QED) is 0.853. The number of aromatic nitrogens is 1. The van der Waals surface area contributed by atoms with E-state index in [9.17, 15) is 22.8 Å². The highest BCUT2D eigenvalue weighted by Gasteiger charge is 2.33. The van der Waals surface area contributed by atoms with Gasteiger partial charge in [-0.1, -0.05) is 0 Å². The number of carbonyl (C=O) groups is 1. The first-order valence-electron chi connectivity index (χ1n) is 4.94. The second kappa shape index (κ2) is 5.90. The van der Waals surface area contributed by atoms with Gasteiger partial charge in [0.25, 0.3) is 5.91 Å². The SMILES string of the molecule is O=C(c1cc[nH]c(=O)c1)N(CCCl)CC(F)(F)F. The number of halogens is 4. The van der Waals surface area contributed by atoms with Crippen LogP contribution in [0.3, 0.4) is 0 Å². The zero-order valence-electron chi connectivity index (χ0n) is 9.13. The van der Waals surface area contributed by atoms with Crippen molar-refractivity contribution >= 4 is 17.5 Å². The summed E-state index contributed by atoms with van der Waals surface area (Å²) in [6.07, 6.45) is -3.31. The van der Waals surface area contributed by atoms with Gasteiger partial charge in [0.15, 0.2) is 0 Å². The van der Waals surface area contributed by atoms with Crippen LogP contribution in [0.1, 0.15) is 10.4 Å². The summed E-state index contributed by atoms with van der Waals surface area (Å²) in [6, 6.07) is 2.18. The van der Waals surface area contributed by atoms with Gasteiger partial charge < -0.3 is 9.88 Å². The van der Waals surface area contributed by atoms with Crippen LogP contribution in [-0.2, 0) is 0 Å². The lowest BCUT2D eigenvalue weighted by Crippen LogP contribution is -2.40. The highest BCUT2D eigenvalue weighted by molar-refractivity contribution is 6.18. The number of nitrogens with zero attached hydrogens (tertiary/aromatic N) is 1. The molecule has 1 rings (SSSR count). The van der Waals surface area contributed by atoms with Gasteiger partial charge in [0.05, 0.1) is 0 Å². The van der Waals surface area contributed by atoms with Crippen LogP contribution < -0.4 is 5.56 Å². The van der Waals surface area contributed by atoms with Crippen molar-refractivity contribution in [2.24, 2.45) is 0 Å². The van der Waals surface area contributed by atoms with Crippen molar-refractivity contribution in [3.8, 4) is 0 Å². The maximum atomic E-state index is 12.3. The minimum Gasteiger partial charge on any atom is -0.329 e. The molecule has 4 nitrogen and oxygen atoms in total. The number of aromatic amines is 1. The van der Waals surface area contributed by atoms with Gasteiger partial charge in [0.1, 0.15) is 6.54 Å². The van der Waals surface area contributed by atoms with E-state index in [0.29, 0.717) is 4.90 Å². The average Bonchev–Trinajstić information content (AvgIpc) is 2.26. The van der Waals surface area contributed by atoms with E-state index in [-0.39, 0.29) is 18.0 Å². The first-order valence-corrected chi connectivity index (χ1v) is 5.47. The lowest BCUT2D eigenvalue weighted by atomic mass is 10.2. The summed E-state index contributed by atoms with van der Waals surface area (Å²) in [6.45, 7) is -1.64. The summed E-state index contributed by atoms with van der Waals surface area (Å²) in [5.41, 5.74) is -0.660. The first-order chi connectivity index (χ1) is 8.33. The molecule has 100 valence electrons. The van der Waals surface area contributed by atoms with Gasteiger partial charge >= 0.3 is 6.18 Å². The number of rotatable bonds is 4. The van der Waals surface area contributed by atoms with E-state index in [2.05, 4.69) is 4.98 Å². The summed E-state index contributed by atoms with van der Waals surface area (Å²) in [7, 11) is 0. The first kappa shape index (κ1) is 14.6. The van der Waals surface area contributed by atoms with Crippen molar-refractivity contribution in [1.29, 1.82) is 0 Å². The summed E-state index contributed by atoms with van der Waals surface area (Å²) < 4.78 is 36.8. The summed E-state index contributed by atoms with van der Waals surface area (Å²) in [5, 5.41) is 0. The fourth-order valence-electron chi connectivity index (χ4n) is 1.33. The molecule has 0 aliphatic heterocycles. The van der Waals surface area contributed by atoms with Crippen LogP contribution in [0.25, 0.3) is 0 Å². The molecule has 0 aliphatic carbocycles. The molecule has 1 N–H and O–H groups in total. The Balaban J connectivity index is 2.92. The largest absolute Gasteiger partial charge is 0.406 e. The number of hydrogen-bond donors (Lipinski definition) is 1. The minimum atomic E-state index is -4.51. The second-order valence-electron chi connectivity index (χ2n) is 3.47. The van der Waals surface area contributed by atoms with Gasteiger partial charge in [-0.15, -0.1) is 11.6 Å². The maximum absolute atomic E-state index is 12.3. The van der Waals surface area contributed by atoms with Gasteiger partial charge in [-0.3, -0.25) is 9.59 Å². The summed E-state index contributed by atoms with van der Waals surface area (Å²) in [5.74, 6) is -0.996. The van der Waals surface area contributed by atoms with E-state index in [0.717, 1.165) is 6.07 Å². The molecular formula is C10H10ClF3N2O2. The van der Waals surface area contributed by atoms with Crippen molar-refractivity contribution in [2.45, 2.75) is 6.18 Å². The number of amides is 1. The van der Waals surface area contributed by atoms with Crippen LogP contribution in [-0.4, -0.2) is 40.9 Å². The molecule has 1 amide bonds. The molecule has 0 spiro atoms. The molecular weight excluding hydrogens is 273 g/mol. The van der Waals surface area contributed by atoms with Gasteiger partial charge in [-0.05, 0) is 6.07 Å². The molecule has 8 heteroatoms. The molecule has 0 atom stereocenters. The van der Waals surface area contributed by atoms with Gasteiger partial charge in [0.2, 0.25) is 5.56 Å². The predicted molar refractivity (Wildman–Crippen MR) is 59.7 cm³/mol. The van der Waals surface area contributed by atoms with Crippen LogP contribution in [0.15, 0.2) is 23.1 Å². The lowest BCUT2D eigenvalue weighted by Gasteiger charge is -2.22. The standard InChI is InChI=1S/C10H10ClF3N2O2/c11-2-4-16(6-10(12,13)14)9(18)7-1-3-15-8(17)5-7/h1,3,5H,2,4,6H2,(H,15,17). The fourth-order valence-corrected chi connectivity index (χ4v) is 1.54. The zero-order chi connectivity index (χ0) is 13.8. The van der Waals surface area contributed by atoms with Crippen LogP contribution in [0.5, 0.6) is 0 Å². The Bertz CT molecular complexity index is 473. The number of hydrogen-bond acceptors (Lipinski definition) is 2. The Morgan fingerprint density at radius 1 is 1.44 bits per heavy atom. The van der Waals surface area contributed by atoms with E-state index >= 15 is 0 Å². The highest BCUT2D eigenvalue weighted by Crippen LogP contribution is 2.17. The van der Waals surface area contributed by atoms with E-state index in [1.54, 1.807) is 0 Å². The number of pyridine rings is 1. The molecule has 1 aromatic heterocycles. The summed E-state index contributed by atoms with van der Waals surface area (Å²) in [4.78, 5) is 25.6. The number of carbonyl (C=O) groups excluding carboxylic acids is 1. The molecule has 0 saturated heterocycles. The number of alkyl halides is 4. The van der Waals surface area contributed by atoms with Crippen molar-refractivity contribution in [3.05, 3.63) is 34.2 Å². The van der Waals surface area contributed by atoms with Crippen LogP contribution in [0.4, 0.5) is 13.2 Å². The molecule has 0 unspecified atom stereocenters. The monoisotopic (exact) mass is 282 g/mol. The molecule has 1 aromatic rings. The molecule has 0 saturated carbocycles. The Morgan fingerprint density at radius 3 is 2.61 bits per heavy atom. The number of nitrogens with one attached hydrogen (secondary N) is 1.